The topological polar surface area (TPSA) is 76.2 Å². The van der Waals surface area contributed by atoms with Gasteiger partial charge in [0.15, 0.2) is 6.61 Å². The Labute approximate surface area is 204 Å². The summed E-state index contributed by atoms with van der Waals surface area (Å²) < 4.78 is 51.2. The lowest BCUT2D eigenvalue weighted by molar-refractivity contribution is -0.141. The third-order valence-corrected chi connectivity index (χ3v) is 6.89. The van der Waals surface area contributed by atoms with Crippen LogP contribution < -0.4 is 14.8 Å². The molecule has 2 bridgehead atoms. The molecule has 1 amide bonds. The molecule has 3 aliphatic rings. The number of aromatic nitrogens is 2. The van der Waals surface area contributed by atoms with Gasteiger partial charge in [-0.3, -0.25) is 4.79 Å². The molecule has 0 radical (unpaired) electrons. The van der Waals surface area contributed by atoms with Gasteiger partial charge >= 0.3 is 0 Å². The first-order valence-corrected chi connectivity index (χ1v) is 11.5. The molecule has 0 aliphatic heterocycles. The lowest BCUT2D eigenvalue weighted by Crippen LogP contribution is -2.77. The number of ether oxygens (including phenoxy) is 2. The predicted molar refractivity (Wildman–Crippen MR) is 122 cm³/mol. The number of imidazole rings is 1. The Hall–Kier alpha value is -3.20. The van der Waals surface area contributed by atoms with Crippen LogP contribution in [0.15, 0.2) is 48.7 Å². The SMILES string of the molecule is CC(F)(F)c1ccc(OCc2cnc(C34CC(NC(=O)COc5ccc(Cl)c(F)c5)(C3)C4)[nH]2)cc1. The monoisotopic (exact) mass is 505 g/mol. The largest absolute Gasteiger partial charge is 0.487 e. The molecule has 3 fully saturated rings. The molecule has 0 spiro atoms. The Morgan fingerprint density at radius 3 is 2.49 bits per heavy atom. The summed E-state index contributed by atoms with van der Waals surface area (Å²) >= 11 is 5.64. The van der Waals surface area contributed by atoms with Crippen LogP contribution in [-0.2, 0) is 22.7 Å². The minimum absolute atomic E-state index is 0.00779. The summed E-state index contributed by atoms with van der Waals surface area (Å²) in [4.78, 5) is 20.1. The Morgan fingerprint density at radius 2 is 1.83 bits per heavy atom. The van der Waals surface area contributed by atoms with Crippen molar-refractivity contribution in [3.8, 4) is 11.5 Å². The second-order valence-corrected chi connectivity index (χ2v) is 9.87. The highest BCUT2D eigenvalue weighted by Crippen LogP contribution is 2.67. The Bertz CT molecular complexity index is 1240. The molecule has 1 heterocycles. The number of H-pyrrole nitrogens is 1. The Morgan fingerprint density at radius 1 is 1.14 bits per heavy atom. The normalized spacial score (nSPS) is 22.7. The first kappa shape index (κ1) is 23.5. The van der Waals surface area contributed by atoms with Crippen LogP contribution in [0.2, 0.25) is 5.02 Å². The van der Waals surface area contributed by atoms with Crippen molar-refractivity contribution < 1.29 is 27.4 Å². The summed E-state index contributed by atoms with van der Waals surface area (Å²) in [6, 6.07) is 9.76. The second kappa shape index (κ2) is 8.48. The zero-order valence-corrected chi connectivity index (χ0v) is 19.6. The van der Waals surface area contributed by atoms with Crippen LogP contribution >= 0.6 is 11.6 Å². The first-order chi connectivity index (χ1) is 16.6. The van der Waals surface area contributed by atoms with Gasteiger partial charge in [-0.05, 0) is 55.7 Å². The zero-order valence-electron chi connectivity index (χ0n) is 18.8. The molecule has 6 nitrogen and oxygen atoms in total. The van der Waals surface area contributed by atoms with Gasteiger partial charge in [0.05, 0.1) is 16.9 Å². The van der Waals surface area contributed by atoms with E-state index >= 15 is 0 Å². The van der Waals surface area contributed by atoms with E-state index < -0.39 is 11.7 Å². The molecule has 3 aromatic rings. The lowest BCUT2D eigenvalue weighted by atomic mass is 9.39. The molecule has 3 saturated carbocycles. The number of rotatable bonds is 9. The number of alkyl halides is 2. The van der Waals surface area contributed by atoms with Crippen molar-refractivity contribution in [3.63, 3.8) is 0 Å². The fourth-order valence-electron chi connectivity index (χ4n) is 4.93. The summed E-state index contributed by atoms with van der Waals surface area (Å²) in [7, 11) is 0. The lowest BCUT2D eigenvalue weighted by Gasteiger charge is -2.69. The quantitative estimate of drug-likeness (QED) is 0.416. The van der Waals surface area contributed by atoms with E-state index in [1.807, 2.05) is 0 Å². The third-order valence-electron chi connectivity index (χ3n) is 6.58. The molecule has 0 unspecified atom stereocenters. The predicted octanol–water partition coefficient (Wildman–Crippen LogP) is 5.26. The van der Waals surface area contributed by atoms with Gasteiger partial charge < -0.3 is 19.8 Å². The van der Waals surface area contributed by atoms with Crippen molar-refractivity contribution in [2.75, 3.05) is 6.61 Å². The summed E-state index contributed by atoms with van der Waals surface area (Å²) in [5.41, 5.74) is 0.346. The number of hydrogen-bond donors (Lipinski definition) is 2. The van der Waals surface area contributed by atoms with E-state index in [4.69, 9.17) is 21.1 Å². The number of amides is 1. The van der Waals surface area contributed by atoms with Gasteiger partial charge in [0.25, 0.3) is 11.8 Å². The van der Waals surface area contributed by atoms with Crippen molar-refractivity contribution in [1.82, 2.24) is 15.3 Å². The molecule has 184 valence electrons. The molecular formula is C25H23ClF3N3O3. The second-order valence-electron chi connectivity index (χ2n) is 9.46. The number of nitrogens with one attached hydrogen (secondary N) is 2. The van der Waals surface area contributed by atoms with Gasteiger partial charge in [0.2, 0.25) is 0 Å². The zero-order chi connectivity index (χ0) is 24.8. The maximum Gasteiger partial charge on any atom is 0.270 e. The van der Waals surface area contributed by atoms with Crippen LogP contribution in [0.5, 0.6) is 11.5 Å². The Balaban J connectivity index is 1.09. The fourth-order valence-corrected chi connectivity index (χ4v) is 5.04. The molecule has 35 heavy (non-hydrogen) atoms. The van der Waals surface area contributed by atoms with Crippen LogP contribution in [0.4, 0.5) is 13.2 Å². The van der Waals surface area contributed by atoms with Crippen LogP contribution in [-0.4, -0.2) is 28.0 Å². The van der Waals surface area contributed by atoms with Crippen LogP contribution in [0.25, 0.3) is 0 Å². The van der Waals surface area contributed by atoms with Crippen molar-refractivity contribution in [3.05, 3.63) is 76.6 Å². The van der Waals surface area contributed by atoms with E-state index in [9.17, 15) is 18.0 Å². The highest BCUT2D eigenvalue weighted by molar-refractivity contribution is 6.30. The molecule has 6 rings (SSSR count). The first-order valence-electron chi connectivity index (χ1n) is 11.1. The fraction of sp³-hybridized carbons (Fsp3) is 0.360. The molecular weight excluding hydrogens is 483 g/mol. The molecule has 10 heteroatoms. The van der Waals surface area contributed by atoms with Gasteiger partial charge in [-0.15, -0.1) is 0 Å². The minimum Gasteiger partial charge on any atom is -0.487 e. The molecule has 0 saturated heterocycles. The van der Waals surface area contributed by atoms with E-state index in [0.29, 0.717) is 5.75 Å². The van der Waals surface area contributed by atoms with Gasteiger partial charge in [0.1, 0.15) is 29.7 Å². The standard InChI is InChI=1S/C25H23ClF3N3O3/c1-23(28,29)15-2-4-17(5-3-15)34-10-16-9-30-22(31-16)24-12-25(13-24,14-24)32-21(33)11-35-18-6-7-19(26)20(27)8-18/h2-9H,10-14H2,1H3,(H,30,31)(H,32,33). The molecule has 2 N–H and O–H groups in total. The smallest absolute Gasteiger partial charge is 0.270 e. The van der Waals surface area contributed by atoms with Crippen LogP contribution in [0.1, 0.15) is 43.3 Å². The van der Waals surface area contributed by atoms with E-state index in [1.54, 1.807) is 6.20 Å². The summed E-state index contributed by atoms with van der Waals surface area (Å²) in [6.07, 6.45) is 4.00. The Kier molecular flexibility index (Phi) is 5.70. The van der Waals surface area contributed by atoms with Crippen molar-refractivity contribution in [1.29, 1.82) is 0 Å². The number of halogens is 4. The number of carbonyl (C=O) groups is 1. The molecule has 2 aromatic carbocycles. The highest BCUT2D eigenvalue weighted by atomic mass is 35.5. The number of hydrogen-bond acceptors (Lipinski definition) is 4. The summed E-state index contributed by atoms with van der Waals surface area (Å²) in [5.74, 6) is -2.19. The van der Waals surface area contributed by atoms with Crippen molar-refractivity contribution in [2.45, 2.75) is 49.7 Å². The van der Waals surface area contributed by atoms with Crippen molar-refractivity contribution in [2.24, 2.45) is 0 Å². The van der Waals surface area contributed by atoms with Crippen LogP contribution in [0.3, 0.4) is 0 Å². The van der Waals surface area contributed by atoms with Crippen molar-refractivity contribution >= 4 is 17.5 Å². The van der Waals surface area contributed by atoms with Gasteiger partial charge in [-0.25, -0.2) is 18.2 Å². The number of nitrogens with zero attached hydrogens (tertiary/aromatic N) is 1. The van der Waals surface area contributed by atoms with Gasteiger partial charge in [0, 0.05) is 29.5 Å². The number of benzene rings is 2. The summed E-state index contributed by atoms with van der Waals surface area (Å²) in [6.45, 7) is 0.872. The number of aromatic amines is 1. The number of carbonyl (C=O) groups excluding carboxylic acids is 1. The van der Waals surface area contributed by atoms with Gasteiger partial charge in [-0.2, -0.15) is 0 Å². The molecule has 3 aliphatic carbocycles. The third kappa shape index (κ3) is 4.69. The van der Waals surface area contributed by atoms with E-state index in [2.05, 4.69) is 15.3 Å². The average molecular weight is 506 g/mol. The van der Waals surface area contributed by atoms with Gasteiger partial charge in [-0.1, -0.05) is 11.6 Å². The van der Waals surface area contributed by atoms with E-state index in [0.717, 1.165) is 43.8 Å². The highest BCUT2D eigenvalue weighted by Gasteiger charge is 2.70. The maximum absolute atomic E-state index is 13.5. The molecule has 1 aromatic heterocycles. The van der Waals surface area contributed by atoms with E-state index in [-0.39, 0.29) is 46.4 Å². The average Bonchev–Trinajstić information content (AvgIpc) is 3.23. The summed E-state index contributed by atoms with van der Waals surface area (Å²) in [5, 5.41) is 3.01. The van der Waals surface area contributed by atoms with Crippen LogP contribution in [0, 0.1) is 5.82 Å². The minimum atomic E-state index is -2.89. The molecule has 0 atom stereocenters. The van der Waals surface area contributed by atoms with E-state index in [1.165, 1.54) is 36.4 Å². The maximum atomic E-state index is 13.5.